The van der Waals surface area contributed by atoms with Crippen molar-refractivity contribution in [3.05, 3.63) is 17.5 Å². The van der Waals surface area contributed by atoms with Gasteiger partial charge < -0.3 is 10.2 Å². The zero-order valence-electron chi connectivity index (χ0n) is 12.0. The molecule has 0 unspecified atom stereocenters. The number of aromatic amines is 1. The molecule has 0 bridgehead atoms. The molecule has 1 rings (SSSR count). The van der Waals surface area contributed by atoms with Gasteiger partial charge in [0.25, 0.3) is 0 Å². The highest BCUT2D eigenvalue weighted by Gasteiger charge is 2.12. The lowest BCUT2D eigenvalue weighted by Gasteiger charge is -2.13. The largest absolute Gasteiger partial charge is 0.353 e. The van der Waals surface area contributed by atoms with E-state index in [-0.39, 0.29) is 30.7 Å². The first kappa shape index (κ1) is 15.2. The van der Waals surface area contributed by atoms with Crippen LogP contribution in [0.5, 0.6) is 0 Å². The number of hydrogen-bond acceptors (Lipinski definition) is 3. The molecule has 1 aromatic heterocycles. The zero-order valence-corrected chi connectivity index (χ0v) is 12.0. The van der Waals surface area contributed by atoms with Crippen molar-refractivity contribution in [3.8, 4) is 0 Å². The second kappa shape index (κ2) is 6.92. The van der Waals surface area contributed by atoms with Crippen LogP contribution in [0.25, 0.3) is 0 Å². The number of H-pyrrole nitrogens is 1. The smallest absolute Gasteiger partial charge is 0.222 e. The van der Waals surface area contributed by atoms with Gasteiger partial charge in [0.15, 0.2) is 0 Å². The van der Waals surface area contributed by atoms with Gasteiger partial charge in [0.1, 0.15) is 0 Å². The van der Waals surface area contributed by atoms with Gasteiger partial charge in [-0.05, 0) is 19.9 Å². The van der Waals surface area contributed by atoms with Gasteiger partial charge in [-0.1, -0.05) is 0 Å². The summed E-state index contributed by atoms with van der Waals surface area (Å²) in [6, 6.07) is 1.96. The average Bonchev–Trinajstić information content (AvgIpc) is 2.71. The van der Waals surface area contributed by atoms with E-state index < -0.39 is 0 Å². The summed E-state index contributed by atoms with van der Waals surface area (Å²) in [5.41, 5.74) is 1.93. The molecule has 6 heteroatoms. The van der Waals surface area contributed by atoms with Crippen molar-refractivity contribution in [3.63, 3.8) is 0 Å². The fourth-order valence-corrected chi connectivity index (χ4v) is 1.73. The summed E-state index contributed by atoms with van der Waals surface area (Å²) in [6.07, 6.45) is 1.14. The minimum absolute atomic E-state index is 0.00431. The Balaban J connectivity index is 2.30. The number of aromatic nitrogens is 2. The summed E-state index contributed by atoms with van der Waals surface area (Å²) < 4.78 is 0. The van der Waals surface area contributed by atoms with E-state index in [9.17, 15) is 9.59 Å². The molecule has 0 aliphatic heterocycles. The van der Waals surface area contributed by atoms with Crippen LogP contribution in [-0.4, -0.2) is 47.0 Å². The normalized spacial score (nSPS) is 12.0. The fourth-order valence-electron chi connectivity index (χ4n) is 1.73. The lowest BCUT2D eigenvalue weighted by Crippen LogP contribution is -2.35. The highest BCUT2D eigenvalue weighted by Crippen LogP contribution is 2.02. The molecule has 0 radical (unpaired) electrons. The molecule has 0 aromatic carbocycles. The Labute approximate surface area is 113 Å². The van der Waals surface area contributed by atoms with E-state index in [0.717, 1.165) is 11.4 Å². The van der Waals surface area contributed by atoms with Crippen molar-refractivity contribution < 1.29 is 9.59 Å². The molecule has 0 saturated carbocycles. The fraction of sp³-hybridized carbons (Fsp3) is 0.615. The number of nitrogens with one attached hydrogen (secondary N) is 2. The molecule has 19 heavy (non-hydrogen) atoms. The van der Waals surface area contributed by atoms with Gasteiger partial charge in [-0.15, -0.1) is 0 Å². The summed E-state index contributed by atoms with van der Waals surface area (Å²) in [7, 11) is 3.37. The molecule has 0 aliphatic rings. The van der Waals surface area contributed by atoms with Crippen molar-refractivity contribution in [2.45, 2.75) is 39.2 Å². The molecule has 1 aromatic rings. The Morgan fingerprint density at radius 3 is 2.63 bits per heavy atom. The molecule has 0 aliphatic carbocycles. The van der Waals surface area contributed by atoms with E-state index >= 15 is 0 Å². The second-order valence-corrected chi connectivity index (χ2v) is 5.00. The van der Waals surface area contributed by atoms with Gasteiger partial charge in [0, 0.05) is 45.1 Å². The highest BCUT2D eigenvalue weighted by atomic mass is 16.2. The van der Waals surface area contributed by atoms with Crippen LogP contribution in [0.2, 0.25) is 0 Å². The van der Waals surface area contributed by atoms with Crippen LogP contribution in [0, 0.1) is 6.92 Å². The van der Waals surface area contributed by atoms with Gasteiger partial charge in [-0.25, -0.2) is 0 Å². The molecule has 0 fully saturated rings. The maximum atomic E-state index is 11.7. The molecule has 0 spiro atoms. The van der Waals surface area contributed by atoms with Crippen molar-refractivity contribution in [2.24, 2.45) is 0 Å². The number of rotatable bonds is 6. The molecule has 0 saturated heterocycles. The number of aryl methyl sites for hydroxylation is 1. The summed E-state index contributed by atoms with van der Waals surface area (Å²) in [6.45, 7) is 3.86. The Morgan fingerprint density at radius 2 is 2.11 bits per heavy atom. The monoisotopic (exact) mass is 266 g/mol. The van der Waals surface area contributed by atoms with Crippen LogP contribution in [0.1, 0.15) is 31.2 Å². The minimum atomic E-state index is -0.102. The number of carbonyl (C=O) groups excluding carboxylic acids is 2. The van der Waals surface area contributed by atoms with Crippen molar-refractivity contribution in [1.82, 2.24) is 20.4 Å². The van der Waals surface area contributed by atoms with Gasteiger partial charge in [-0.2, -0.15) is 5.10 Å². The molecule has 1 heterocycles. The van der Waals surface area contributed by atoms with Crippen LogP contribution in [0.4, 0.5) is 0 Å². The van der Waals surface area contributed by atoms with Crippen molar-refractivity contribution in [2.75, 3.05) is 14.1 Å². The molecular weight excluding hydrogens is 244 g/mol. The predicted octanol–water partition coefficient (Wildman–Crippen LogP) is 0.634. The van der Waals surface area contributed by atoms with Crippen LogP contribution in [0.3, 0.4) is 0 Å². The van der Waals surface area contributed by atoms with Crippen molar-refractivity contribution in [1.29, 1.82) is 0 Å². The van der Waals surface area contributed by atoms with Gasteiger partial charge in [0.05, 0.1) is 5.69 Å². The maximum absolute atomic E-state index is 11.7. The first-order valence-corrected chi connectivity index (χ1v) is 6.39. The summed E-state index contributed by atoms with van der Waals surface area (Å²) >= 11 is 0. The Hall–Kier alpha value is -1.85. The van der Waals surface area contributed by atoms with E-state index in [0.29, 0.717) is 6.42 Å². The second-order valence-electron chi connectivity index (χ2n) is 5.00. The number of carbonyl (C=O) groups is 2. The number of amides is 2. The molecule has 2 N–H and O–H groups in total. The minimum Gasteiger partial charge on any atom is -0.353 e. The molecule has 2 amide bonds. The molecule has 106 valence electrons. The molecular formula is C13H22N4O2. The lowest BCUT2D eigenvalue weighted by atomic mass is 10.1. The van der Waals surface area contributed by atoms with Crippen LogP contribution in [-0.2, 0) is 16.0 Å². The maximum Gasteiger partial charge on any atom is 0.222 e. The zero-order chi connectivity index (χ0) is 14.4. The third-order valence-electron chi connectivity index (χ3n) is 2.75. The number of hydrogen-bond donors (Lipinski definition) is 2. The summed E-state index contributed by atoms with van der Waals surface area (Å²) in [5, 5.41) is 9.86. The Bertz CT molecular complexity index is 440. The van der Waals surface area contributed by atoms with E-state index in [1.807, 2.05) is 19.9 Å². The third-order valence-corrected chi connectivity index (χ3v) is 2.75. The lowest BCUT2D eigenvalue weighted by molar-refractivity contribution is -0.131. The van der Waals surface area contributed by atoms with Crippen LogP contribution < -0.4 is 5.32 Å². The van der Waals surface area contributed by atoms with Crippen molar-refractivity contribution >= 4 is 11.8 Å². The first-order valence-electron chi connectivity index (χ1n) is 6.39. The SMILES string of the molecule is Cc1cc(C[C@H](C)NC(=O)CCC(=O)N(C)C)n[nH]1. The quantitative estimate of drug-likeness (QED) is 0.793. The van der Waals surface area contributed by atoms with E-state index in [1.165, 1.54) is 4.90 Å². The van der Waals surface area contributed by atoms with Crippen LogP contribution >= 0.6 is 0 Å². The molecule has 1 atom stereocenters. The first-order chi connectivity index (χ1) is 8.88. The predicted molar refractivity (Wildman–Crippen MR) is 72.6 cm³/mol. The van der Waals surface area contributed by atoms with Crippen LogP contribution in [0.15, 0.2) is 6.07 Å². The van der Waals surface area contributed by atoms with Gasteiger partial charge in [0.2, 0.25) is 11.8 Å². The summed E-state index contributed by atoms with van der Waals surface area (Å²) in [5.74, 6) is -0.138. The van der Waals surface area contributed by atoms with E-state index in [2.05, 4.69) is 15.5 Å². The topological polar surface area (TPSA) is 78.1 Å². The third kappa shape index (κ3) is 5.54. The van der Waals surface area contributed by atoms with E-state index in [4.69, 9.17) is 0 Å². The highest BCUT2D eigenvalue weighted by molar-refractivity contribution is 5.83. The average molecular weight is 266 g/mol. The Morgan fingerprint density at radius 1 is 1.42 bits per heavy atom. The van der Waals surface area contributed by atoms with Gasteiger partial charge in [-0.3, -0.25) is 14.7 Å². The van der Waals surface area contributed by atoms with E-state index in [1.54, 1.807) is 14.1 Å². The van der Waals surface area contributed by atoms with Gasteiger partial charge >= 0.3 is 0 Å². The molecule has 6 nitrogen and oxygen atoms in total. The number of nitrogens with zero attached hydrogens (tertiary/aromatic N) is 2. The standard InChI is InChI=1S/C13H22N4O2/c1-9(7-11-8-10(2)15-16-11)14-12(18)5-6-13(19)17(3)4/h8-9H,5-7H2,1-4H3,(H,14,18)(H,15,16)/t9-/m0/s1. The Kier molecular flexibility index (Phi) is 5.54. The summed E-state index contributed by atoms with van der Waals surface area (Å²) in [4.78, 5) is 24.5.